The summed E-state index contributed by atoms with van der Waals surface area (Å²) in [6.07, 6.45) is 0. The van der Waals surface area contributed by atoms with Gasteiger partial charge in [0.25, 0.3) is 0 Å². The van der Waals surface area contributed by atoms with E-state index in [1.807, 2.05) is 13.0 Å². The second kappa shape index (κ2) is 2.55. The average Bonchev–Trinajstić information content (AvgIpc) is 2.43. The van der Waals surface area contributed by atoms with Crippen LogP contribution in [0, 0.1) is 19.7 Å². The lowest BCUT2D eigenvalue weighted by Crippen LogP contribution is -2.13. The molecule has 0 spiro atoms. The molecule has 0 atom stereocenters. The standard InChI is InChI=1S/C10H11FN2/c1-5-3-7-4-13-10(12)8(7)9(11)6(5)2/h3H,4H2,1-2H3,(H2,12,13). The van der Waals surface area contributed by atoms with E-state index in [0.717, 1.165) is 11.1 Å². The first-order valence-electron chi connectivity index (χ1n) is 4.20. The molecule has 0 bridgehead atoms. The second-order valence-corrected chi connectivity index (χ2v) is 3.37. The Labute approximate surface area is 76.3 Å². The third-order valence-electron chi connectivity index (χ3n) is 2.53. The minimum Gasteiger partial charge on any atom is -0.383 e. The normalized spacial score (nSPS) is 14.2. The van der Waals surface area contributed by atoms with Gasteiger partial charge in [-0.3, -0.25) is 4.99 Å². The Hall–Kier alpha value is -1.38. The molecular formula is C10H11FN2. The third kappa shape index (κ3) is 1.03. The molecule has 0 aliphatic carbocycles. The lowest BCUT2D eigenvalue weighted by molar-refractivity contribution is 0.613. The van der Waals surface area contributed by atoms with Gasteiger partial charge in [0.05, 0.1) is 12.1 Å². The topological polar surface area (TPSA) is 38.4 Å². The Morgan fingerprint density at radius 1 is 1.46 bits per heavy atom. The molecule has 1 aromatic rings. The Bertz CT molecular complexity index is 408. The molecule has 1 aromatic carbocycles. The molecule has 1 aliphatic rings. The molecule has 3 heteroatoms. The summed E-state index contributed by atoms with van der Waals surface area (Å²) in [4.78, 5) is 4.00. The first kappa shape index (κ1) is 8.23. The minimum atomic E-state index is -0.214. The number of benzene rings is 1. The van der Waals surface area contributed by atoms with Gasteiger partial charge in [0, 0.05) is 0 Å². The molecule has 1 heterocycles. The molecule has 0 radical (unpaired) electrons. The predicted molar refractivity (Wildman–Crippen MR) is 50.3 cm³/mol. The van der Waals surface area contributed by atoms with Crippen LogP contribution in [0.15, 0.2) is 11.1 Å². The van der Waals surface area contributed by atoms with Crippen LogP contribution in [-0.4, -0.2) is 5.84 Å². The first-order valence-corrected chi connectivity index (χ1v) is 4.20. The van der Waals surface area contributed by atoms with Crippen LogP contribution in [0.3, 0.4) is 0 Å². The van der Waals surface area contributed by atoms with E-state index in [0.29, 0.717) is 23.5 Å². The van der Waals surface area contributed by atoms with Gasteiger partial charge in [-0.25, -0.2) is 4.39 Å². The summed E-state index contributed by atoms with van der Waals surface area (Å²) in [6, 6.07) is 1.96. The fourth-order valence-electron chi connectivity index (χ4n) is 1.59. The summed E-state index contributed by atoms with van der Waals surface area (Å²) in [6.45, 7) is 4.17. The van der Waals surface area contributed by atoms with Gasteiger partial charge in [-0.15, -0.1) is 0 Å². The van der Waals surface area contributed by atoms with E-state index in [1.54, 1.807) is 6.92 Å². The smallest absolute Gasteiger partial charge is 0.137 e. The number of fused-ring (bicyclic) bond motifs is 1. The molecule has 2 N–H and O–H groups in total. The van der Waals surface area contributed by atoms with Crippen LogP contribution < -0.4 is 5.73 Å². The fraction of sp³-hybridized carbons (Fsp3) is 0.300. The van der Waals surface area contributed by atoms with Gasteiger partial charge in [0.1, 0.15) is 11.7 Å². The van der Waals surface area contributed by atoms with Crippen LogP contribution in [0.25, 0.3) is 0 Å². The lowest BCUT2D eigenvalue weighted by Gasteiger charge is -2.07. The zero-order chi connectivity index (χ0) is 9.59. The number of hydrogen-bond acceptors (Lipinski definition) is 2. The molecule has 68 valence electrons. The molecule has 1 aliphatic heterocycles. The maximum atomic E-state index is 13.7. The number of aryl methyl sites for hydroxylation is 1. The highest BCUT2D eigenvalue weighted by Crippen LogP contribution is 2.25. The van der Waals surface area contributed by atoms with Gasteiger partial charge >= 0.3 is 0 Å². The van der Waals surface area contributed by atoms with Gasteiger partial charge in [0.15, 0.2) is 0 Å². The molecule has 2 rings (SSSR count). The van der Waals surface area contributed by atoms with Gasteiger partial charge < -0.3 is 5.73 Å². The highest BCUT2D eigenvalue weighted by molar-refractivity contribution is 6.01. The first-order chi connectivity index (χ1) is 6.11. The van der Waals surface area contributed by atoms with E-state index >= 15 is 0 Å². The van der Waals surface area contributed by atoms with Crippen molar-refractivity contribution >= 4 is 5.84 Å². The molecule has 13 heavy (non-hydrogen) atoms. The molecule has 0 unspecified atom stereocenters. The van der Waals surface area contributed by atoms with Crippen molar-refractivity contribution < 1.29 is 4.39 Å². The third-order valence-corrected chi connectivity index (χ3v) is 2.53. The molecule has 0 saturated heterocycles. The average molecular weight is 178 g/mol. The maximum Gasteiger partial charge on any atom is 0.137 e. The quantitative estimate of drug-likeness (QED) is 0.644. The zero-order valence-electron chi connectivity index (χ0n) is 7.69. The number of nitrogens with two attached hydrogens (primary N) is 1. The molecular weight excluding hydrogens is 167 g/mol. The summed E-state index contributed by atoms with van der Waals surface area (Å²) < 4.78 is 13.7. The Balaban J connectivity index is 2.74. The van der Waals surface area contributed by atoms with E-state index in [1.165, 1.54) is 0 Å². The van der Waals surface area contributed by atoms with E-state index in [4.69, 9.17) is 5.73 Å². The van der Waals surface area contributed by atoms with Crippen molar-refractivity contribution in [2.75, 3.05) is 0 Å². The summed E-state index contributed by atoms with van der Waals surface area (Å²) in [5.74, 6) is 0.115. The van der Waals surface area contributed by atoms with Crippen LogP contribution >= 0.6 is 0 Å². The Kier molecular flexibility index (Phi) is 1.62. The summed E-state index contributed by atoms with van der Waals surface area (Å²) in [5.41, 5.74) is 8.60. The molecule has 0 aromatic heterocycles. The second-order valence-electron chi connectivity index (χ2n) is 3.37. The number of hydrogen-bond donors (Lipinski definition) is 1. The van der Waals surface area contributed by atoms with Crippen LogP contribution in [-0.2, 0) is 6.54 Å². The fourth-order valence-corrected chi connectivity index (χ4v) is 1.59. The lowest BCUT2D eigenvalue weighted by atomic mass is 10.00. The van der Waals surface area contributed by atoms with Gasteiger partial charge in [-0.2, -0.15) is 0 Å². The van der Waals surface area contributed by atoms with Gasteiger partial charge in [-0.1, -0.05) is 6.07 Å². The van der Waals surface area contributed by atoms with Crippen molar-refractivity contribution in [1.29, 1.82) is 0 Å². The van der Waals surface area contributed by atoms with Crippen molar-refractivity contribution in [3.63, 3.8) is 0 Å². The zero-order valence-corrected chi connectivity index (χ0v) is 7.69. The molecule has 0 amide bonds. The predicted octanol–water partition coefficient (Wildman–Crippen LogP) is 1.66. The van der Waals surface area contributed by atoms with E-state index in [-0.39, 0.29) is 5.82 Å². The van der Waals surface area contributed by atoms with Crippen LogP contribution in [0.2, 0.25) is 0 Å². The highest BCUT2D eigenvalue weighted by Gasteiger charge is 2.20. The monoisotopic (exact) mass is 178 g/mol. The van der Waals surface area contributed by atoms with E-state index in [9.17, 15) is 4.39 Å². The van der Waals surface area contributed by atoms with E-state index < -0.39 is 0 Å². The van der Waals surface area contributed by atoms with Gasteiger partial charge in [0.2, 0.25) is 0 Å². The van der Waals surface area contributed by atoms with Gasteiger partial charge in [-0.05, 0) is 30.5 Å². The van der Waals surface area contributed by atoms with Crippen molar-refractivity contribution in [2.45, 2.75) is 20.4 Å². The summed E-state index contributed by atoms with van der Waals surface area (Å²) in [5, 5.41) is 0. The molecule has 0 saturated carbocycles. The number of aliphatic imine (C=N–C) groups is 1. The summed E-state index contributed by atoms with van der Waals surface area (Å²) >= 11 is 0. The number of halogens is 1. The highest BCUT2D eigenvalue weighted by atomic mass is 19.1. The van der Waals surface area contributed by atoms with Crippen LogP contribution in [0.4, 0.5) is 4.39 Å². The Morgan fingerprint density at radius 3 is 2.85 bits per heavy atom. The van der Waals surface area contributed by atoms with Crippen LogP contribution in [0.5, 0.6) is 0 Å². The number of rotatable bonds is 0. The number of amidine groups is 1. The SMILES string of the molecule is Cc1cc2c(c(F)c1C)C(N)=NC2. The minimum absolute atomic E-state index is 0.214. The largest absolute Gasteiger partial charge is 0.383 e. The molecule has 0 fully saturated rings. The Morgan fingerprint density at radius 2 is 2.15 bits per heavy atom. The van der Waals surface area contributed by atoms with Crippen molar-refractivity contribution in [3.05, 3.63) is 34.1 Å². The van der Waals surface area contributed by atoms with Crippen molar-refractivity contribution in [2.24, 2.45) is 10.7 Å². The van der Waals surface area contributed by atoms with E-state index in [2.05, 4.69) is 4.99 Å². The van der Waals surface area contributed by atoms with Crippen molar-refractivity contribution in [3.8, 4) is 0 Å². The number of nitrogens with zero attached hydrogens (tertiary/aromatic N) is 1. The molecule has 2 nitrogen and oxygen atoms in total. The maximum absolute atomic E-state index is 13.7. The van der Waals surface area contributed by atoms with Crippen molar-refractivity contribution in [1.82, 2.24) is 0 Å². The van der Waals surface area contributed by atoms with Crippen LogP contribution in [0.1, 0.15) is 22.3 Å². The summed E-state index contributed by atoms with van der Waals surface area (Å²) in [7, 11) is 0.